The summed E-state index contributed by atoms with van der Waals surface area (Å²) in [6.07, 6.45) is 20.4. The molecular formula is C38H50O. The monoisotopic (exact) mass is 522 g/mol. The minimum Gasteiger partial charge on any atom is -0.494 e. The standard InChI is InChI=1S/C38H50O/c1-3-5-7-9-10-11-13-31-16-21-34(22-17-31)35-23-18-32(19-24-35)14-15-33-20-25-37-30-38(27-26-36(37)29-33)39-28-12-8-6-4-2/h18-20,23-27,29-31,34H,3-13,16-17,21-22,28H2,1-2H3. The van der Waals surface area contributed by atoms with Crippen LogP contribution in [0.25, 0.3) is 10.8 Å². The van der Waals surface area contributed by atoms with Gasteiger partial charge >= 0.3 is 0 Å². The molecule has 0 amide bonds. The lowest BCUT2D eigenvalue weighted by atomic mass is 9.77. The Morgan fingerprint density at radius 1 is 0.615 bits per heavy atom. The first kappa shape index (κ1) is 29.3. The summed E-state index contributed by atoms with van der Waals surface area (Å²) in [5, 5.41) is 2.42. The van der Waals surface area contributed by atoms with E-state index in [0.29, 0.717) is 0 Å². The summed E-state index contributed by atoms with van der Waals surface area (Å²) >= 11 is 0. The van der Waals surface area contributed by atoms with E-state index in [1.807, 2.05) is 0 Å². The van der Waals surface area contributed by atoms with Gasteiger partial charge in [0, 0.05) is 11.1 Å². The number of fused-ring (bicyclic) bond motifs is 1. The van der Waals surface area contributed by atoms with Crippen LogP contribution in [-0.2, 0) is 0 Å². The summed E-state index contributed by atoms with van der Waals surface area (Å²) in [5.74, 6) is 9.43. The molecule has 0 bridgehead atoms. The fraction of sp³-hybridized carbons (Fsp3) is 0.526. The molecule has 39 heavy (non-hydrogen) atoms. The molecule has 0 atom stereocenters. The number of rotatable bonds is 14. The number of hydrogen-bond acceptors (Lipinski definition) is 1. The van der Waals surface area contributed by atoms with Gasteiger partial charge < -0.3 is 4.74 Å². The molecule has 0 heterocycles. The van der Waals surface area contributed by atoms with Crippen LogP contribution in [-0.4, -0.2) is 6.61 Å². The van der Waals surface area contributed by atoms with Crippen LogP contribution in [0.15, 0.2) is 60.7 Å². The van der Waals surface area contributed by atoms with Crippen molar-refractivity contribution in [2.45, 2.75) is 116 Å². The Bertz CT molecular complexity index is 1170. The van der Waals surface area contributed by atoms with E-state index >= 15 is 0 Å². The molecule has 4 rings (SSSR count). The van der Waals surface area contributed by atoms with Gasteiger partial charge in [0.2, 0.25) is 0 Å². The second kappa shape index (κ2) is 16.4. The number of ether oxygens (including phenoxy) is 1. The van der Waals surface area contributed by atoms with Crippen molar-refractivity contribution in [3.05, 3.63) is 77.4 Å². The summed E-state index contributed by atoms with van der Waals surface area (Å²) in [6.45, 7) is 5.34. The summed E-state index contributed by atoms with van der Waals surface area (Å²) in [4.78, 5) is 0. The van der Waals surface area contributed by atoms with E-state index < -0.39 is 0 Å². The lowest BCUT2D eigenvalue weighted by Gasteiger charge is -2.29. The van der Waals surface area contributed by atoms with Crippen LogP contribution in [0.1, 0.15) is 133 Å². The van der Waals surface area contributed by atoms with E-state index in [9.17, 15) is 0 Å². The largest absolute Gasteiger partial charge is 0.494 e. The number of benzene rings is 3. The Morgan fingerprint density at radius 2 is 1.23 bits per heavy atom. The van der Waals surface area contributed by atoms with Gasteiger partial charge in [0.1, 0.15) is 5.75 Å². The molecule has 1 heteroatoms. The molecule has 3 aromatic carbocycles. The molecule has 1 saturated carbocycles. The van der Waals surface area contributed by atoms with Gasteiger partial charge in [-0.15, -0.1) is 0 Å². The zero-order chi connectivity index (χ0) is 27.1. The van der Waals surface area contributed by atoms with Crippen molar-refractivity contribution >= 4 is 10.8 Å². The van der Waals surface area contributed by atoms with Crippen molar-refractivity contribution in [1.82, 2.24) is 0 Å². The molecule has 1 nitrogen and oxygen atoms in total. The van der Waals surface area contributed by atoms with Gasteiger partial charge in [-0.1, -0.05) is 114 Å². The third-order valence-electron chi connectivity index (χ3n) is 8.62. The highest BCUT2D eigenvalue weighted by Crippen LogP contribution is 2.37. The van der Waals surface area contributed by atoms with E-state index in [2.05, 4.69) is 86.4 Å². The molecule has 0 unspecified atom stereocenters. The van der Waals surface area contributed by atoms with Gasteiger partial charge in [-0.2, -0.15) is 0 Å². The van der Waals surface area contributed by atoms with Gasteiger partial charge in [0.15, 0.2) is 0 Å². The first-order valence-electron chi connectivity index (χ1n) is 16.0. The molecule has 208 valence electrons. The maximum Gasteiger partial charge on any atom is 0.119 e. The molecule has 3 aromatic rings. The SMILES string of the molecule is CCCCCCCCC1CCC(c2ccc(C#Cc3ccc4cc(OCCCCCC)ccc4c3)cc2)CC1. The molecular weight excluding hydrogens is 472 g/mol. The zero-order valence-electron chi connectivity index (χ0n) is 24.7. The van der Waals surface area contributed by atoms with Crippen LogP contribution in [0.3, 0.4) is 0 Å². The summed E-state index contributed by atoms with van der Waals surface area (Å²) in [7, 11) is 0. The molecule has 0 spiro atoms. The van der Waals surface area contributed by atoms with Gasteiger partial charge in [0.05, 0.1) is 6.61 Å². The summed E-state index contributed by atoms with van der Waals surface area (Å²) in [5.41, 5.74) is 3.67. The number of unbranched alkanes of at least 4 members (excludes halogenated alkanes) is 8. The predicted molar refractivity (Wildman–Crippen MR) is 169 cm³/mol. The molecule has 1 aliphatic rings. The van der Waals surface area contributed by atoms with Crippen molar-refractivity contribution in [1.29, 1.82) is 0 Å². The molecule has 0 saturated heterocycles. The van der Waals surface area contributed by atoms with Crippen molar-refractivity contribution < 1.29 is 4.74 Å². The van der Waals surface area contributed by atoms with E-state index in [1.54, 1.807) is 0 Å². The molecule has 0 radical (unpaired) electrons. The maximum atomic E-state index is 5.96. The average molecular weight is 523 g/mol. The van der Waals surface area contributed by atoms with Crippen LogP contribution >= 0.6 is 0 Å². The van der Waals surface area contributed by atoms with E-state index in [-0.39, 0.29) is 0 Å². The van der Waals surface area contributed by atoms with Crippen molar-refractivity contribution in [2.75, 3.05) is 6.61 Å². The van der Waals surface area contributed by atoms with Crippen LogP contribution in [0.5, 0.6) is 5.75 Å². The predicted octanol–water partition coefficient (Wildman–Crippen LogP) is 11.2. The quantitative estimate of drug-likeness (QED) is 0.151. The van der Waals surface area contributed by atoms with Crippen molar-refractivity contribution in [2.24, 2.45) is 5.92 Å². The summed E-state index contributed by atoms with van der Waals surface area (Å²) < 4.78 is 5.96. The normalized spacial score (nSPS) is 17.1. The third kappa shape index (κ3) is 9.76. The summed E-state index contributed by atoms with van der Waals surface area (Å²) in [6, 6.07) is 21.9. The minimum absolute atomic E-state index is 0.735. The van der Waals surface area contributed by atoms with Gasteiger partial charge in [-0.25, -0.2) is 0 Å². The fourth-order valence-corrected chi connectivity index (χ4v) is 6.09. The lowest BCUT2D eigenvalue weighted by molar-refractivity contribution is 0.302. The Labute approximate surface area is 238 Å². The highest BCUT2D eigenvalue weighted by molar-refractivity contribution is 5.85. The Morgan fingerprint density at radius 3 is 2.00 bits per heavy atom. The van der Waals surface area contributed by atoms with E-state index in [1.165, 1.54) is 106 Å². The van der Waals surface area contributed by atoms with Gasteiger partial charge in [-0.05, 0) is 96.7 Å². The highest BCUT2D eigenvalue weighted by atomic mass is 16.5. The Balaban J connectivity index is 1.23. The van der Waals surface area contributed by atoms with Crippen molar-refractivity contribution in [3.8, 4) is 17.6 Å². The minimum atomic E-state index is 0.735. The van der Waals surface area contributed by atoms with E-state index in [0.717, 1.165) is 41.7 Å². The topological polar surface area (TPSA) is 9.23 Å². The zero-order valence-corrected chi connectivity index (χ0v) is 24.7. The smallest absolute Gasteiger partial charge is 0.119 e. The van der Waals surface area contributed by atoms with Gasteiger partial charge in [-0.3, -0.25) is 0 Å². The molecule has 0 aromatic heterocycles. The maximum absolute atomic E-state index is 5.96. The Kier molecular flexibility index (Phi) is 12.3. The van der Waals surface area contributed by atoms with Crippen LogP contribution < -0.4 is 4.74 Å². The first-order chi connectivity index (χ1) is 19.2. The third-order valence-corrected chi connectivity index (χ3v) is 8.62. The first-order valence-corrected chi connectivity index (χ1v) is 16.0. The Hall–Kier alpha value is -2.72. The molecule has 1 fully saturated rings. The van der Waals surface area contributed by atoms with Crippen LogP contribution in [0.4, 0.5) is 0 Å². The van der Waals surface area contributed by atoms with Crippen LogP contribution in [0, 0.1) is 17.8 Å². The number of hydrogen-bond donors (Lipinski definition) is 0. The average Bonchev–Trinajstić information content (AvgIpc) is 2.98. The van der Waals surface area contributed by atoms with Crippen LogP contribution in [0.2, 0.25) is 0 Å². The molecule has 1 aliphatic carbocycles. The fourth-order valence-electron chi connectivity index (χ4n) is 6.09. The second-order valence-corrected chi connectivity index (χ2v) is 11.8. The van der Waals surface area contributed by atoms with Gasteiger partial charge in [0.25, 0.3) is 0 Å². The molecule has 0 aliphatic heterocycles. The molecule has 0 N–H and O–H groups in total. The second-order valence-electron chi connectivity index (χ2n) is 11.8. The van der Waals surface area contributed by atoms with E-state index in [4.69, 9.17) is 4.74 Å². The lowest BCUT2D eigenvalue weighted by Crippen LogP contribution is -2.13. The highest BCUT2D eigenvalue weighted by Gasteiger charge is 2.21. The van der Waals surface area contributed by atoms with Crippen molar-refractivity contribution in [3.63, 3.8) is 0 Å².